The smallest absolute Gasteiger partial charge is 0.261 e. The van der Waals surface area contributed by atoms with E-state index >= 15 is 0 Å². The number of benzene rings is 2. The normalized spacial score (nSPS) is 12.8. The molecule has 0 fully saturated rings. The summed E-state index contributed by atoms with van der Waals surface area (Å²) in [6.45, 7) is 8.00. The molecule has 0 atom stereocenters. The molecule has 32 heavy (non-hydrogen) atoms. The summed E-state index contributed by atoms with van der Waals surface area (Å²) < 4.78 is 33.0. The molecule has 1 aliphatic carbocycles. The van der Waals surface area contributed by atoms with E-state index in [1.54, 1.807) is 18.3 Å². The van der Waals surface area contributed by atoms with Crippen molar-refractivity contribution in [1.29, 1.82) is 0 Å². The first-order valence-corrected chi connectivity index (χ1v) is 11.1. The number of carbonyl (C=O) groups excluding carboxylic acids is 1. The molecular weight excluding hydrogens is 410 g/mol. The fourth-order valence-corrected chi connectivity index (χ4v) is 3.52. The summed E-state index contributed by atoms with van der Waals surface area (Å²) in [5.74, 6) is -1.82. The average Bonchev–Trinajstić information content (AvgIpc) is 3.37. The Bertz CT molecular complexity index is 1010. The van der Waals surface area contributed by atoms with Gasteiger partial charge in [-0.2, -0.15) is 0 Å². The van der Waals surface area contributed by atoms with E-state index < -0.39 is 23.1 Å². The van der Waals surface area contributed by atoms with Crippen LogP contribution in [0.25, 0.3) is 11.1 Å². The maximum absolute atomic E-state index is 13.8. The molecule has 4 rings (SSSR count). The molecule has 2 aromatic carbocycles. The predicted octanol–water partition coefficient (Wildman–Crippen LogP) is 7.74. The van der Waals surface area contributed by atoms with Crippen molar-refractivity contribution in [3.63, 3.8) is 0 Å². The van der Waals surface area contributed by atoms with Gasteiger partial charge in [0.1, 0.15) is 17.2 Å². The van der Waals surface area contributed by atoms with E-state index in [4.69, 9.17) is 4.42 Å². The van der Waals surface area contributed by atoms with Gasteiger partial charge in [0.2, 0.25) is 0 Å². The van der Waals surface area contributed by atoms with Crippen molar-refractivity contribution in [3.05, 3.63) is 83.6 Å². The van der Waals surface area contributed by atoms with Crippen molar-refractivity contribution in [2.45, 2.75) is 53.4 Å². The van der Waals surface area contributed by atoms with E-state index in [-0.39, 0.29) is 0 Å². The summed E-state index contributed by atoms with van der Waals surface area (Å²) in [5.41, 5.74) is 3.25. The van der Waals surface area contributed by atoms with Gasteiger partial charge >= 0.3 is 0 Å². The topological polar surface area (TPSA) is 55.1 Å². The van der Waals surface area contributed by atoms with Crippen LogP contribution in [0.4, 0.5) is 14.5 Å². The predicted molar refractivity (Wildman–Crippen MR) is 125 cm³/mol. The van der Waals surface area contributed by atoms with Crippen LogP contribution in [0.1, 0.15) is 75.1 Å². The van der Waals surface area contributed by atoms with Gasteiger partial charge in [0.15, 0.2) is 12.2 Å². The number of oxazole rings is 1. The fraction of sp³-hybridized carbons (Fsp3) is 0.308. The van der Waals surface area contributed by atoms with Crippen molar-refractivity contribution in [1.82, 2.24) is 4.98 Å². The highest BCUT2D eigenvalue weighted by Crippen LogP contribution is 2.38. The number of anilines is 1. The van der Waals surface area contributed by atoms with E-state index in [1.807, 2.05) is 39.8 Å². The fourth-order valence-electron chi connectivity index (χ4n) is 3.52. The van der Waals surface area contributed by atoms with Crippen LogP contribution in [0.5, 0.6) is 0 Å². The van der Waals surface area contributed by atoms with Crippen LogP contribution in [0, 0.1) is 11.6 Å². The summed E-state index contributed by atoms with van der Waals surface area (Å²) in [6, 6.07) is 10.6. The van der Waals surface area contributed by atoms with Crippen LogP contribution in [0.15, 0.2) is 59.5 Å². The summed E-state index contributed by atoms with van der Waals surface area (Å²) >= 11 is 0. The number of nitrogens with zero attached hydrogens (tertiary/aromatic N) is 1. The van der Waals surface area contributed by atoms with E-state index in [0.29, 0.717) is 5.69 Å². The zero-order chi connectivity index (χ0) is 23.5. The molecule has 0 bridgehead atoms. The van der Waals surface area contributed by atoms with Crippen molar-refractivity contribution in [2.24, 2.45) is 0 Å². The van der Waals surface area contributed by atoms with Gasteiger partial charge in [-0.3, -0.25) is 4.79 Å². The van der Waals surface area contributed by atoms with Crippen LogP contribution in [0.2, 0.25) is 0 Å². The Labute approximate surface area is 188 Å². The van der Waals surface area contributed by atoms with Gasteiger partial charge in [-0.05, 0) is 61.1 Å². The summed E-state index contributed by atoms with van der Waals surface area (Å²) in [4.78, 5) is 16.2. The van der Waals surface area contributed by atoms with Gasteiger partial charge in [0.25, 0.3) is 5.91 Å². The third-order valence-corrected chi connectivity index (χ3v) is 4.88. The summed E-state index contributed by atoms with van der Waals surface area (Å²) in [7, 11) is 0. The monoisotopic (exact) mass is 440 g/mol. The third kappa shape index (κ3) is 5.90. The second-order valence-electron chi connectivity index (χ2n) is 6.66. The number of rotatable bonds is 4. The molecule has 1 aromatic heterocycles. The van der Waals surface area contributed by atoms with Crippen LogP contribution < -0.4 is 5.32 Å². The molecular formula is C26H30F2N2O2. The summed E-state index contributed by atoms with van der Waals surface area (Å²) in [6.07, 6.45) is 7.20. The Kier molecular flexibility index (Phi) is 9.79. The van der Waals surface area contributed by atoms with Gasteiger partial charge in [0.05, 0.1) is 6.20 Å². The van der Waals surface area contributed by atoms with Gasteiger partial charge in [-0.15, -0.1) is 0 Å². The number of halogens is 2. The Hall–Kier alpha value is -3.28. The number of allylic oxidation sites excluding steroid dienone is 2. The van der Waals surface area contributed by atoms with Gasteiger partial charge in [0, 0.05) is 11.3 Å². The van der Waals surface area contributed by atoms with Gasteiger partial charge < -0.3 is 9.73 Å². The molecule has 1 N–H and O–H groups in total. The van der Waals surface area contributed by atoms with E-state index in [2.05, 4.69) is 10.3 Å². The number of hydrogen-bond acceptors (Lipinski definition) is 3. The minimum absolute atomic E-state index is 0.467. The van der Waals surface area contributed by atoms with E-state index in [1.165, 1.54) is 18.0 Å². The lowest BCUT2D eigenvalue weighted by Gasteiger charge is -2.19. The lowest BCUT2D eigenvalue weighted by molar-refractivity contribution is 0.101. The zero-order valence-corrected chi connectivity index (χ0v) is 19.0. The molecule has 6 heteroatoms. The molecule has 3 aromatic rings. The van der Waals surface area contributed by atoms with Gasteiger partial charge in [-0.1, -0.05) is 45.9 Å². The quantitative estimate of drug-likeness (QED) is 0.451. The van der Waals surface area contributed by atoms with Crippen LogP contribution in [-0.4, -0.2) is 10.9 Å². The van der Waals surface area contributed by atoms with Crippen molar-refractivity contribution in [2.75, 3.05) is 5.32 Å². The summed E-state index contributed by atoms with van der Waals surface area (Å²) in [5, 5.41) is 2.55. The zero-order valence-electron chi connectivity index (χ0n) is 19.0. The molecule has 1 aliphatic rings. The first kappa shape index (κ1) is 25.0. The molecule has 0 unspecified atom stereocenters. The Morgan fingerprint density at radius 2 is 1.50 bits per heavy atom. The van der Waals surface area contributed by atoms with Crippen molar-refractivity contribution >= 4 is 22.7 Å². The van der Waals surface area contributed by atoms with Crippen LogP contribution >= 0.6 is 0 Å². The number of amides is 1. The molecule has 0 saturated heterocycles. The van der Waals surface area contributed by atoms with Crippen LogP contribution in [-0.2, 0) is 0 Å². The molecule has 0 radical (unpaired) electrons. The second-order valence-corrected chi connectivity index (χ2v) is 6.66. The van der Waals surface area contributed by atoms with Crippen molar-refractivity contribution in [3.8, 4) is 0 Å². The first-order valence-electron chi connectivity index (χ1n) is 11.1. The maximum atomic E-state index is 13.8. The minimum atomic E-state index is -0.891. The number of hydrogen-bond donors (Lipinski definition) is 1. The van der Waals surface area contributed by atoms with E-state index in [9.17, 15) is 13.6 Å². The average molecular weight is 441 g/mol. The number of aromatic nitrogens is 1. The second kappa shape index (κ2) is 12.5. The highest BCUT2D eigenvalue weighted by Gasteiger charge is 2.19. The third-order valence-electron chi connectivity index (χ3n) is 4.88. The molecule has 0 spiro atoms. The SMILES string of the molecule is CC.CC.O=C(Nc1ccc(C2=C(c3cnco3)CCCC2)cc1)c1c(F)cccc1F. The number of carbonyl (C=O) groups is 1. The maximum Gasteiger partial charge on any atom is 0.261 e. The highest BCUT2D eigenvalue weighted by molar-refractivity contribution is 6.04. The minimum Gasteiger partial charge on any atom is -0.444 e. The molecule has 170 valence electrons. The van der Waals surface area contributed by atoms with E-state index in [0.717, 1.165) is 54.7 Å². The molecule has 4 nitrogen and oxygen atoms in total. The number of nitrogens with one attached hydrogen (secondary N) is 1. The Balaban J connectivity index is 0.000000860. The largest absolute Gasteiger partial charge is 0.444 e. The van der Waals surface area contributed by atoms with Crippen molar-refractivity contribution < 1.29 is 18.0 Å². The van der Waals surface area contributed by atoms with Crippen LogP contribution in [0.3, 0.4) is 0 Å². The molecule has 1 heterocycles. The lowest BCUT2D eigenvalue weighted by Crippen LogP contribution is -2.15. The Morgan fingerprint density at radius 3 is 2.06 bits per heavy atom. The van der Waals surface area contributed by atoms with Gasteiger partial charge in [-0.25, -0.2) is 13.8 Å². The molecule has 1 amide bonds. The molecule has 0 aliphatic heterocycles. The Morgan fingerprint density at radius 1 is 0.906 bits per heavy atom. The standard InChI is InChI=1S/C22H18F2N2O2.2C2H6/c23-18-6-3-7-19(24)21(18)22(27)26-15-10-8-14(9-11-15)16-4-1-2-5-17(16)20-12-25-13-28-20;2*1-2/h3,6-13H,1-2,4-5H2,(H,26,27);2*1-2H3. The lowest BCUT2D eigenvalue weighted by atomic mass is 9.86. The molecule has 0 saturated carbocycles. The highest BCUT2D eigenvalue weighted by atomic mass is 19.1. The first-order chi connectivity index (χ1) is 15.6.